The largest absolute Gasteiger partial charge is 0.330 e. The van der Waals surface area contributed by atoms with Gasteiger partial charge in [0, 0.05) is 24.8 Å². The Morgan fingerprint density at radius 3 is 2.30 bits per heavy atom. The van der Waals surface area contributed by atoms with E-state index < -0.39 is 26.2 Å². The fourth-order valence-electron chi connectivity index (χ4n) is 2.14. The second kappa shape index (κ2) is 5.86. The summed E-state index contributed by atoms with van der Waals surface area (Å²) in [7, 11) is -1.54. The Bertz CT molecular complexity index is 1010. The van der Waals surface area contributed by atoms with Gasteiger partial charge in [0.2, 0.25) is 0 Å². The number of benzene rings is 1. The molecule has 9 heteroatoms. The number of hydrogen-bond donors (Lipinski definition) is 1. The van der Waals surface area contributed by atoms with Gasteiger partial charge in [0.15, 0.2) is 4.90 Å². The van der Waals surface area contributed by atoms with Gasteiger partial charge in [-0.05, 0) is 31.5 Å². The van der Waals surface area contributed by atoms with E-state index in [-0.39, 0.29) is 11.4 Å². The van der Waals surface area contributed by atoms with E-state index in [1.54, 1.807) is 25.1 Å². The van der Waals surface area contributed by atoms with Crippen LogP contribution in [0.25, 0.3) is 0 Å². The van der Waals surface area contributed by atoms with E-state index >= 15 is 0 Å². The van der Waals surface area contributed by atoms with Crippen LogP contribution in [0.1, 0.15) is 11.3 Å². The smallest absolute Gasteiger partial charge is 0.300 e. The average molecular weight is 358 g/mol. The van der Waals surface area contributed by atoms with Gasteiger partial charge in [0.25, 0.3) is 15.6 Å². The molecule has 7 nitrogen and oxygen atoms in total. The van der Waals surface area contributed by atoms with Gasteiger partial charge in [-0.2, -0.15) is 0 Å². The van der Waals surface area contributed by atoms with Crippen molar-refractivity contribution >= 4 is 27.3 Å². The number of rotatable bonds is 3. The Hall–Kier alpha value is -2.06. The molecule has 0 spiro atoms. The van der Waals surface area contributed by atoms with Crippen LogP contribution in [-0.2, 0) is 24.1 Å². The van der Waals surface area contributed by atoms with E-state index in [4.69, 9.17) is 11.6 Å². The van der Waals surface area contributed by atoms with Crippen molar-refractivity contribution in [3.8, 4) is 0 Å². The highest BCUT2D eigenvalue weighted by Crippen LogP contribution is 2.25. The third-order valence-corrected chi connectivity index (χ3v) is 5.59. The molecule has 0 saturated carbocycles. The number of sulfonamides is 1. The van der Waals surface area contributed by atoms with E-state index in [9.17, 15) is 18.0 Å². The summed E-state index contributed by atoms with van der Waals surface area (Å²) in [5.74, 6) is 0. The van der Waals surface area contributed by atoms with Crippen molar-refractivity contribution in [3.63, 3.8) is 0 Å². The monoisotopic (exact) mass is 357 g/mol. The quantitative estimate of drug-likeness (QED) is 0.892. The lowest BCUT2D eigenvalue weighted by atomic mass is 10.2. The van der Waals surface area contributed by atoms with Gasteiger partial charge in [-0.25, -0.2) is 13.2 Å². The lowest BCUT2D eigenvalue weighted by molar-refractivity contribution is 0.583. The number of nitrogens with zero attached hydrogens (tertiary/aromatic N) is 2. The second-order valence-electron chi connectivity index (χ2n) is 5.14. The van der Waals surface area contributed by atoms with Crippen LogP contribution >= 0.6 is 11.6 Å². The second-order valence-corrected chi connectivity index (χ2v) is 7.16. The van der Waals surface area contributed by atoms with Crippen molar-refractivity contribution in [1.29, 1.82) is 0 Å². The average Bonchev–Trinajstić information content (AvgIpc) is 2.47. The Morgan fingerprint density at radius 1 is 1.09 bits per heavy atom. The highest BCUT2D eigenvalue weighted by atomic mass is 35.5. The molecule has 23 heavy (non-hydrogen) atoms. The number of anilines is 1. The minimum atomic E-state index is -4.18. The van der Waals surface area contributed by atoms with Crippen LogP contribution in [0, 0.1) is 13.8 Å². The zero-order valence-corrected chi connectivity index (χ0v) is 14.6. The third kappa shape index (κ3) is 2.91. The molecule has 2 aromatic rings. The zero-order chi connectivity index (χ0) is 17.5. The SMILES string of the molecule is Cc1c(Cl)cccc1NS(=O)(=O)c1c(C)n(C)c(=O)n(C)c1=O. The molecule has 0 saturated heterocycles. The van der Waals surface area contributed by atoms with E-state index in [0.717, 1.165) is 9.13 Å². The van der Waals surface area contributed by atoms with E-state index in [2.05, 4.69) is 4.72 Å². The Balaban J connectivity index is 2.69. The molecule has 1 heterocycles. The van der Waals surface area contributed by atoms with Crippen LogP contribution in [0.4, 0.5) is 5.69 Å². The summed E-state index contributed by atoms with van der Waals surface area (Å²) in [6.07, 6.45) is 0. The summed E-state index contributed by atoms with van der Waals surface area (Å²) < 4.78 is 29.5. The summed E-state index contributed by atoms with van der Waals surface area (Å²) in [6, 6.07) is 4.77. The lowest BCUT2D eigenvalue weighted by Crippen LogP contribution is -2.42. The summed E-state index contributed by atoms with van der Waals surface area (Å²) in [5.41, 5.74) is -0.599. The standard InChI is InChI=1S/C14H16ClN3O4S/c1-8-10(15)6-5-7-11(8)16-23(21,22)12-9(2)17(3)14(20)18(4)13(12)19/h5-7,16H,1-4H3. The summed E-state index contributed by atoms with van der Waals surface area (Å²) in [6.45, 7) is 3.06. The molecule has 1 aromatic carbocycles. The molecular weight excluding hydrogens is 342 g/mol. The number of aromatic nitrogens is 2. The van der Waals surface area contributed by atoms with Gasteiger partial charge in [-0.1, -0.05) is 17.7 Å². The predicted molar refractivity (Wildman–Crippen MR) is 88.7 cm³/mol. The number of hydrogen-bond acceptors (Lipinski definition) is 4. The van der Waals surface area contributed by atoms with Gasteiger partial charge >= 0.3 is 5.69 Å². The topological polar surface area (TPSA) is 90.2 Å². The minimum Gasteiger partial charge on any atom is -0.300 e. The summed E-state index contributed by atoms with van der Waals surface area (Å²) in [5, 5.41) is 0.398. The first-order valence-electron chi connectivity index (χ1n) is 6.62. The summed E-state index contributed by atoms with van der Waals surface area (Å²) >= 11 is 5.98. The molecule has 0 fully saturated rings. The molecular formula is C14H16ClN3O4S. The van der Waals surface area contributed by atoms with Crippen molar-refractivity contribution in [2.75, 3.05) is 4.72 Å². The first-order valence-corrected chi connectivity index (χ1v) is 8.48. The predicted octanol–water partition coefficient (Wildman–Crippen LogP) is 1.16. The fourth-order valence-corrected chi connectivity index (χ4v) is 3.82. The molecule has 1 aromatic heterocycles. The number of nitrogens with one attached hydrogen (secondary N) is 1. The van der Waals surface area contributed by atoms with Gasteiger partial charge in [0.05, 0.1) is 5.69 Å². The molecule has 0 unspecified atom stereocenters. The maximum absolute atomic E-state index is 12.6. The lowest BCUT2D eigenvalue weighted by Gasteiger charge is -2.15. The van der Waals surface area contributed by atoms with Crippen LogP contribution in [0.15, 0.2) is 32.7 Å². The van der Waals surface area contributed by atoms with Crippen LogP contribution in [-0.4, -0.2) is 17.6 Å². The molecule has 1 N–H and O–H groups in total. The fraction of sp³-hybridized carbons (Fsp3) is 0.286. The van der Waals surface area contributed by atoms with Crippen molar-refractivity contribution < 1.29 is 8.42 Å². The molecule has 0 aliphatic heterocycles. The first-order chi connectivity index (χ1) is 10.6. The molecule has 0 bridgehead atoms. The van der Waals surface area contributed by atoms with Crippen LogP contribution in [0.5, 0.6) is 0 Å². The zero-order valence-electron chi connectivity index (χ0n) is 13.0. The molecule has 0 radical (unpaired) electrons. The number of halogens is 1. The Morgan fingerprint density at radius 2 is 1.70 bits per heavy atom. The molecule has 2 rings (SSSR count). The van der Waals surface area contributed by atoms with Crippen molar-refractivity contribution in [3.05, 3.63) is 55.3 Å². The van der Waals surface area contributed by atoms with Crippen LogP contribution in [0.3, 0.4) is 0 Å². The summed E-state index contributed by atoms with van der Waals surface area (Å²) in [4.78, 5) is 23.6. The molecule has 0 atom stereocenters. The highest BCUT2D eigenvalue weighted by molar-refractivity contribution is 7.92. The van der Waals surface area contributed by atoms with Gasteiger partial charge in [0.1, 0.15) is 0 Å². The normalized spacial score (nSPS) is 11.5. The maximum atomic E-state index is 12.6. The van der Waals surface area contributed by atoms with Crippen LogP contribution < -0.4 is 16.0 Å². The minimum absolute atomic E-state index is 0.0604. The first kappa shape index (κ1) is 17.3. The molecule has 0 aliphatic rings. The molecule has 124 valence electrons. The van der Waals surface area contributed by atoms with E-state index in [0.29, 0.717) is 10.6 Å². The van der Waals surface area contributed by atoms with Crippen molar-refractivity contribution in [1.82, 2.24) is 9.13 Å². The van der Waals surface area contributed by atoms with Gasteiger partial charge in [-0.15, -0.1) is 0 Å². The maximum Gasteiger partial charge on any atom is 0.330 e. The van der Waals surface area contributed by atoms with E-state index in [1.807, 2.05) is 0 Å². The Kier molecular flexibility index (Phi) is 4.41. The van der Waals surface area contributed by atoms with Crippen molar-refractivity contribution in [2.24, 2.45) is 14.1 Å². The third-order valence-electron chi connectivity index (χ3n) is 3.69. The van der Waals surface area contributed by atoms with Crippen molar-refractivity contribution in [2.45, 2.75) is 18.7 Å². The Labute approximate surface area is 138 Å². The van der Waals surface area contributed by atoms with Crippen LogP contribution in [0.2, 0.25) is 5.02 Å². The molecule has 0 amide bonds. The van der Waals surface area contributed by atoms with Gasteiger partial charge < -0.3 is 0 Å². The molecule has 0 aliphatic carbocycles. The van der Waals surface area contributed by atoms with E-state index in [1.165, 1.54) is 21.0 Å². The van der Waals surface area contributed by atoms with Gasteiger partial charge in [-0.3, -0.25) is 18.7 Å². The highest BCUT2D eigenvalue weighted by Gasteiger charge is 2.25.